The topological polar surface area (TPSA) is 62.7 Å². The van der Waals surface area contributed by atoms with E-state index < -0.39 is 0 Å². The second-order valence-corrected chi connectivity index (χ2v) is 4.20. The summed E-state index contributed by atoms with van der Waals surface area (Å²) in [6.45, 7) is 4.39. The molecule has 1 aromatic carbocycles. The smallest absolute Gasteiger partial charge is 0.233 e. The van der Waals surface area contributed by atoms with E-state index in [1.165, 1.54) is 12.1 Å². The number of aryl methyl sites for hydroxylation is 1. The molecule has 0 radical (unpaired) electrons. The number of nitrogens with one attached hydrogen (secondary N) is 2. The fourth-order valence-electron chi connectivity index (χ4n) is 1.53. The van der Waals surface area contributed by atoms with Crippen LogP contribution in [0.4, 0.5) is 22.0 Å². The third-order valence-corrected chi connectivity index (χ3v) is 2.55. The number of hydrogen-bond donors (Lipinski definition) is 2. The largest absolute Gasteiger partial charge is 0.354 e. The molecule has 0 aliphatic heterocycles. The molecule has 5 nitrogen and oxygen atoms in total. The van der Waals surface area contributed by atoms with E-state index in [9.17, 15) is 4.39 Å². The van der Waals surface area contributed by atoms with Crippen molar-refractivity contribution in [2.45, 2.75) is 13.8 Å². The summed E-state index contributed by atoms with van der Waals surface area (Å²) in [4.78, 5) is 12.1. The van der Waals surface area contributed by atoms with Crippen LogP contribution in [-0.4, -0.2) is 21.5 Å². The monoisotopic (exact) mass is 281 g/mol. The van der Waals surface area contributed by atoms with Gasteiger partial charge in [-0.15, -0.1) is 0 Å². The molecule has 2 aromatic rings. The van der Waals surface area contributed by atoms with Crippen LogP contribution in [0.25, 0.3) is 0 Å². The predicted octanol–water partition coefficient (Wildman–Crippen LogP) is 3.15. The lowest BCUT2D eigenvalue weighted by Gasteiger charge is -2.09. The first-order valence-electron chi connectivity index (χ1n) is 5.77. The lowest BCUT2D eigenvalue weighted by atomic mass is 10.2. The standard InChI is InChI=1S/C12H13ClFN5/c1-3-15-11-17-10(13)18-12(19-11)16-9-5-4-8(14)6-7(9)2/h4-6H,3H2,1-2H3,(H2,15,16,17,18,19). The molecule has 7 heteroatoms. The fraction of sp³-hybridized carbons (Fsp3) is 0.250. The van der Waals surface area contributed by atoms with Crippen LogP contribution in [-0.2, 0) is 0 Å². The van der Waals surface area contributed by atoms with E-state index in [2.05, 4.69) is 25.6 Å². The van der Waals surface area contributed by atoms with Crippen LogP contribution in [0, 0.1) is 12.7 Å². The summed E-state index contributed by atoms with van der Waals surface area (Å²) in [7, 11) is 0. The van der Waals surface area contributed by atoms with Gasteiger partial charge in [0.05, 0.1) is 0 Å². The van der Waals surface area contributed by atoms with Crippen LogP contribution in [0.5, 0.6) is 0 Å². The van der Waals surface area contributed by atoms with Crippen LogP contribution < -0.4 is 10.6 Å². The van der Waals surface area contributed by atoms with Crippen LogP contribution in [0.3, 0.4) is 0 Å². The molecule has 2 N–H and O–H groups in total. The minimum Gasteiger partial charge on any atom is -0.354 e. The van der Waals surface area contributed by atoms with Gasteiger partial charge < -0.3 is 10.6 Å². The van der Waals surface area contributed by atoms with E-state index in [0.717, 1.165) is 5.56 Å². The molecule has 1 aromatic heterocycles. The van der Waals surface area contributed by atoms with E-state index in [1.54, 1.807) is 13.0 Å². The fourth-order valence-corrected chi connectivity index (χ4v) is 1.69. The lowest BCUT2D eigenvalue weighted by molar-refractivity contribution is 0.627. The van der Waals surface area contributed by atoms with Gasteiger partial charge in [-0.1, -0.05) is 0 Å². The number of halogens is 2. The molecule has 0 aliphatic carbocycles. The quantitative estimate of drug-likeness (QED) is 0.901. The van der Waals surface area contributed by atoms with Crippen molar-refractivity contribution in [2.24, 2.45) is 0 Å². The molecule has 0 unspecified atom stereocenters. The third-order valence-electron chi connectivity index (χ3n) is 2.38. The molecule has 100 valence electrons. The van der Waals surface area contributed by atoms with Crippen molar-refractivity contribution in [1.29, 1.82) is 0 Å². The minimum atomic E-state index is -0.287. The SMILES string of the molecule is CCNc1nc(Cl)nc(Nc2ccc(F)cc2C)n1. The molecule has 1 heterocycles. The molecule has 0 saturated carbocycles. The van der Waals surface area contributed by atoms with Gasteiger partial charge in [-0.05, 0) is 49.2 Å². The number of anilines is 3. The molecule has 2 rings (SSSR count). The highest BCUT2D eigenvalue weighted by molar-refractivity contribution is 6.28. The van der Waals surface area contributed by atoms with Gasteiger partial charge in [0.1, 0.15) is 5.82 Å². The number of rotatable bonds is 4. The average molecular weight is 282 g/mol. The Kier molecular flexibility index (Phi) is 4.11. The zero-order valence-corrected chi connectivity index (χ0v) is 11.3. The van der Waals surface area contributed by atoms with Gasteiger partial charge in [-0.3, -0.25) is 0 Å². The van der Waals surface area contributed by atoms with Crippen molar-refractivity contribution < 1.29 is 4.39 Å². The number of hydrogen-bond acceptors (Lipinski definition) is 5. The Morgan fingerprint density at radius 2 is 1.95 bits per heavy atom. The Hall–Kier alpha value is -1.95. The number of aromatic nitrogens is 3. The molecule has 0 atom stereocenters. The van der Waals surface area contributed by atoms with Crippen molar-refractivity contribution in [3.05, 3.63) is 34.9 Å². The summed E-state index contributed by atoms with van der Waals surface area (Å²) < 4.78 is 13.0. The molecule has 0 amide bonds. The molecule has 0 fully saturated rings. The molecule has 0 spiro atoms. The van der Waals surface area contributed by atoms with Crippen LogP contribution >= 0.6 is 11.6 Å². The molecule has 0 bridgehead atoms. The predicted molar refractivity (Wildman–Crippen MR) is 73.4 cm³/mol. The molecular formula is C12H13ClFN5. The van der Waals surface area contributed by atoms with Crippen LogP contribution in [0.1, 0.15) is 12.5 Å². The lowest BCUT2D eigenvalue weighted by Crippen LogP contribution is -2.07. The Labute approximate surface area is 115 Å². The molecular weight excluding hydrogens is 269 g/mol. The van der Waals surface area contributed by atoms with Gasteiger partial charge in [-0.25, -0.2) is 4.39 Å². The highest BCUT2D eigenvalue weighted by Crippen LogP contribution is 2.20. The number of benzene rings is 1. The van der Waals surface area contributed by atoms with E-state index in [-0.39, 0.29) is 11.1 Å². The molecule has 19 heavy (non-hydrogen) atoms. The second-order valence-electron chi connectivity index (χ2n) is 3.87. The summed E-state index contributed by atoms with van der Waals surface area (Å²) >= 11 is 5.81. The van der Waals surface area contributed by atoms with Crippen molar-refractivity contribution in [2.75, 3.05) is 17.2 Å². The van der Waals surface area contributed by atoms with Crippen molar-refractivity contribution in [3.63, 3.8) is 0 Å². The minimum absolute atomic E-state index is 0.0909. The maximum absolute atomic E-state index is 13.0. The first-order valence-corrected chi connectivity index (χ1v) is 6.15. The normalized spacial score (nSPS) is 10.3. The van der Waals surface area contributed by atoms with Crippen molar-refractivity contribution in [3.8, 4) is 0 Å². The summed E-state index contributed by atoms with van der Waals surface area (Å²) in [5.74, 6) is 0.417. The Morgan fingerprint density at radius 3 is 2.63 bits per heavy atom. The zero-order valence-electron chi connectivity index (χ0n) is 10.5. The van der Waals surface area contributed by atoms with Gasteiger partial charge in [0.2, 0.25) is 17.2 Å². The van der Waals surface area contributed by atoms with Crippen LogP contribution in [0.15, 0.2) is 18.2 Å². The van der Waals surface area contributed by atoms with E-state index in [4.69, 9.17) is 11.6 Å². The summed E-state index contributed by atoms with van der Waals surface area (Å²) in [6, 6.07) is 4.41. The van der Waals surface area contributed by atoms with Gasteiger partial charge in [0.15, 0.2) is 0 Å². The van der Waals surface area contributed by atoms with E-state index in [0.29, 0.717) is 24.1 Å². The summed E-state index contributed by atoms with van der Waals surface area (Å²) in [6.07, 6.45) is 0. The Morgan fingerprint density at radius 1 is 1.21 bits per heavy atom. The van der Waals surface area contributed by atoms with E-state index >= 15 is 0 Å². The second kappa shape index (κ2) is 5.79. The van der Waals surface area contributed by atoms with Gasteiger partial charge in [0, 0.05) is 12.2 Å². The third kappa shape index (κ3) is 3.51. The molecule has 0 aliphatic rings. The highest BCUT2D eigenvalue weighted by Gasteiger charge is 2.06. The van der Waals surface area contributed by atoms with Gasteiger partial charge in [0.25, 0.3) is 0 Å². The first-order chi connectivity index (χ1) is 9.08. The summed E-state index contributed by atoms with van der Waals surface area (Å²) in [5.41, 5.74) is 1.47. The first kappa shape index (κ1) is 13.5. The van der Waals surface area contributed by atoms with E-state index in [1.807, 2.05) is 6.92 Å². The van der Waals surface area contributed by atoms with Crippen molar-refractivity contribution in [1.82, 2.24) is 15.0 Å². The summed E-state index contributed by atoms with van der Waals surface area (Å²) in [5, 5.41) is 6.03. The maximum atomic E-state index is 13.0. The van der Waals surface area contributed by atoms with Gasteiger partial charge >= 0.3 is 0 Å². The van der Waals surface area contributed by atoms with Crippen LogP contribution in [0.2, 0.25) is 5.28 Å². The van der Waals surface area contributed by atoms with Gasteiger partial charge in [-0.2, -0.15) is 15.0 Å². The maximum Gasteiger partial charge on any atom is 0.233 e. The van der Waals surface area contributed by atoms with Crippen molar-refractivity contribution >= 4 is 29.2 Å². The number of nitrogens with zero attached hydrogens (tertiary/aromatic N) is 3. The Balaban J connectivity index is 2.27. The highest BCUT2D eigenvalue weighted by atomic mass is 35.5. The zero-order chi connectivity index (χ0) is 13.8. The molecule has 0 saturated heterocycles. The average Bonchev–Trinajstić information content (AvgIpc) is 2.32. The Bertz CT molecular complexity index is 590.